The second kappa shape index (κ2) is 5.14. The van der Waals surface area contributed by atoms with Gasteiger partial charge in [-0.3, -0.25) is 10.1 Å². The summed E-state index contributed by atoms with van der Waals surface area (Å²) in [5.41, 5.74) is 1.28. The molecule has 1 heterocycles. The maximum atomic E-state index is 10.7. The van der Waals surface area contributed by atoms with E-state index in [-0.39, 0.29) is 5.69 Å². The van der Waals surface area contributed by atoms with Gasteiger partial charge in [-0.15, -0.1) is 21.8 Å². The van der Waals surface area contributed by atoms with Crippen LogP contribution in [0.3, 0.4) is 0 Å². The number of rotatable bonds is 4. The number of nitro benzene ring substituents is 1. The van der Waals surface area contributed by atoms with Gasteiger partial charge >= 0.3 is 0 Å². The van der Waals surface area contributed by atoms with Crippen LogP contribution in [-0.2, 0) is 6.42 Å². The molecule has 6 nitrogen and oxygen atoms in total. The average Bonchev–Trinajstić information content (AvgIpc) is 2.77. The van der Waals surface area contributed by atoms with Gasteiger partial charge < -0.3 is 4.42 Å². The molecule has 0 saturated carbocycles. The molecule has 0 N–H and O–H groups in total. The van der Waals surface area contributed by atoms with Crippen molar-refractivity contribution in [1.29, 1.82) is 0 Å². The summed E-state index contributed by atoms with van der Waals surface area (Å²) in [4.78, 5) is 10.3. The quantitative estimate of drug-likeness (QED) is 0.483. The normalized spacial score (nSPS) is 10.6. The van der Waals surface area contributed by atoms with E-state index < -0.39 is 4.92 Å². The van der Waals surface area contributed by atoms with E-state index in [2.05, 4.69) is 10.2 Å². The van der Waals surface area contributed by atoms with Gasteiger partial charge in [0.15, 0.2) is 0 Å². The lowest BCUT2D eigenvalue weighted by Gasteiger charge is -1.99. The summed E-state index contributed by atoms with van der Waals surface area (Å²) in [5, 5.41) is 18.4. The predicted molar refractivity (Wildman–Crippen MR) is 65.5 cm³/mol. The van der Waals surface area contributed by atoms with E-state index in [1.165, 1.54) is 6.07 Å². The second-order valence-electron chi connectivity index (χ2n) is 3.70. The molecular formula is C11H10ClN3O3. The third-order valence-corrected chi connectivity index (χ3v) is 2.60. The van der Waals surface area contributed by atoms with Gasteiger partial charge in [0.2, 0.25) is 11.8 Å². The zero-order chi connectivity index (χ0) is 13.1. The van der Waals surface area contributed by atoms with Crippen LogP contribution < -0.4 is 0 Å². The van der Waals surface area contributed by atoms with Crippen LogP contribution in [0.2, 0.25) is 0 Å². The Bertz CT molecular complexity index is 583. The molecule has 1 aromatic heterocycles. The van der Waals surface area contributed by atoms with Crippen LogP contribution in [0.4, 0.5) is 5.69 Å². The average molecular weight is 268 g/mol. The largest absolute Gasteiger partial charge is 0.421 e. The van der Waals surface area contributed by atoms with Gasteiger partial charge in [0.25, 0.3) is 5.69 Å². The summed E-state index contributed by atoms with van der Waals surface area (Å²) >= 11 is 5.57. The molecule has 0 bridgehead atoms. The molecule has 2 aromatic rings. The first-order chi connectivity index (χ1) is 8.61. The number of alkyl halides is 1. The maximum absolute atomic E-state index is 10.7. The molecule has 0 aliphatic heterocycles. The van der Waals surface area contributed by atoms with Crippen molar-refractivity contribution >= 4 is 17.3 Å². The third kappa shape index (κ3) is 2.48. The molecule has 0 fully saturated rings. The van der Waals surface area contributed by atoms with Gasteiger partial charge in [0.05, 0.1) is 4.92 Å². The fraction of sp³-hybridized carbons (Fsp3) is 0.273. The fourth-order valence-corrected chi connectivity index (χ4v) is 1.71. The predicted octanol–water partition coefficient (Wildman–Crippen LogP) is 2.73. The van der Waals surface area contributed by atoms with Crippen molar-refractivity contribution in [1.82, 2.24) is 10.2 Å². The Balaban J connectivity index is 2.33. The fourth-order valence-electron chi connectivity index (χ4n) is 1.55. The number of aryl methyl sites for hydroxylation is 2. The zero-order valence-corrected chi connectivity index (χ0v) is 10.3. The van der Waals surface area contributed by atoms with Gasteiger partial charge in [-0.05, 0) is 19.1 Å². The third-order valence-electron chi connectivity index (χ3n) is 2.42. The van der Waals surface area contributed by atoms with Crippen molar-refractivity contribution in [3.8, 4) is 11.5 Å². The molecule has 94 valence electrons. The molecule has 0 aliphatic carbocycles. The van der Waals surface area contributed by atoms with Crippen LogP contribution in [0.25, 0.3) is 11.5 Å². The van der Waals surface area contributed by atoms with Crippen molar-refractivity contribution in [3.05, 3.63) is 39.8 Å². The Kier molecular flexibility index (Phi) is 3.57. The number of aromatic nitrogens is 2. The van der Waals surface area contributed by atoms with E-state index in [0.717, 1.165) is 0 Å². The van der Waals surface area contributed by atoms with Crippen molar-refractivity contribution in [2.45, 2.75) is 13.3 Å². The highest BCUT2D eigenvalue weighted by Gasteiger charge is 2.14. The van der Waals surface area contributed by atoms with Gasteiger partial charge in [0, 0.05) is 29.5 Å². The lowest BCUT2D eigenvalue weighted by Crippen LogP contribution is -1.91. The highest BCUT2D eigenvalue weighted by atomic mass is 35.5. The minimum absolute atomic E-state index is 0.0687. The Labute approximate surface area is 108 Å². The summed E-state index contributed by atoms with van der Waals surface area (Å²) in [6.07, 6.45) is 0.501. The molecule has 0 unspecified atom stereocenters. The van der Waals surface area contributed by atoms with Crippen LogP contribution in [0, 0.1) is 17.0 Å². The molecule has 18 heavy (non-hydrogen) atoms. The second-order valence-corrected chi connectivity index (χ2v) is 4.08. The van der Waals surface area contributed by atoms with Crippen molar-refractivity contribution in [3.63, 3.8) is 0 Å². The van der Waals surface area contributed by atoms with Crippen molar-refractivity contribution in [2.75, 3.05) is 5.88 Å². The summed E-state index contributed by atoms with van der Waals surface area (Å²) in [6, 6.07) is 4.66. The molecule has 0 saturated heterocycles. The van der Waals surface area contributed by atoms with Crippen LogP contribution in [0.5, 0.6) is 0 Å². The molecule has 0 spiro atoms. The number of benzene rings is 1. The Morgan fingerprint density at radius 1 is 1.44 bits per heavy atom. The van der Waals surface area contributed by atoms with E-state index >= 15 is 0 Å². The molecular weight excluding hydrogens is 258 g/mol. The number of halogens is 1. The van der Waals surface area contributed by atoms with E-state index in [0.29, 0.717) is 35.2 Å². The molecule has 0 atom stereocenters. The summed E-state index contributed by atoms with van der Waals surface area (Å²) in [6.45, 7) is 1.66. The summed E-state index contributed by atoms with van der Waals surface area (Å²) < 4.78 is 5.39. The highest BCUT2D eigenvalue weighted by Crippen LogP contribution is 2.25. The first kappa shape index (κ1) is 12.5. The lowest BCUT2D eigenvalue weighted by molar-refractivity contribution is -0.385. The molecule has 0 amide bonds. The molecule has 0 radical (unpaired) electrons. The van der Waals surface area contributed by atoms with E-state index in [1.807, 2.05) is 0 Å². The molecule has 0 aliphatic rings. The lowest BCUT2D eigenvalue weighted by atomic mass is 10.1. The first-order valence-electron chi connectivity index (χ1n) is 5.25. The van der Waals surface area contributed by atoms with Gasteiger partial charge in [0.1, 0.15) is 0 Å². The van der Waals surface area contributed by atoms with Crippen LogP contribution in [-0.4, -0.2) is 21.0 Å². The van der Waals surface area contributed by atoms with Gasteiger partial charge in [-0.2, -0.15) is 0 Å². The van der Waals surface area contributed by atoms with Gasteiger partial charge in [-0.1, -0.05) is 0 Å². The zero-order valence-electron chi connectivity index (χ0n) is 9.59. The number of hydrogen-bond donors (Lipinski definition) is 0. The van der Waals surface area contributed by atoms with Crippen LogP contribution in [0.15, 0.2) is 22.6 Å². The van der Waals surface area contributed by atoms with Crippen molar-refractivity contribution in [2.24, 2.45) is 0 Å². The maximum Gasteiger partial charge on any atom is 0.272 e. The van der Waals surface area contributed by atoms with Gasteiger partial charge in [-0.25, -0.2) is 0 Å². The van der Waals surface area contributed by atoms with Crippen LogP contribution >= 0.6 is 11.6 Å². The SMILES string of the molecule is Cc1cc(-c2nnc(CCCl)o2)ccc1[N+](=O)[O-]. The molecule has 2 rings (SSSR count). The smallest absolute Gasteiger partial charge is 0.272 e. The highest BCUT2D eigenvalue weighted by molar-refractivity contribution is 6.17. The van der Waals surface area contributed by atoms with E-state index in [1.54, 1.807) is 19.1 Å². The summed E-state index contributed by atoms with van der Waals surface area (Å²) in [7, 11) is 0. The van der Waals surface area contributed by atoms with E-state index in [9.17, 15) is 10.1 Å². The van der Waals surface area contributed by atoms with E-state index in [4.69, 9.17) is 16.0 Å². The number of hydrogen-bond acceptors (Lipinski definition) is 5. The Morgan fingerprint density at radius 3 is 2.83 bits per heavy atom. The molecule has 1 aromatic carbocycles. The number of nitrogens with zero attached hydrogens (tertiary/aromatic N) is 3. The standard InChI is InChI=1S/C11H10ClN3O3/c1-7-6-8(2-3-9(7)15(16)17)11-14-13-10(18-11)4-5-12/h2-3,6H,4-5H2,1H3. The molecule has 7 heteroatoms. The summed E-state index contributed by atoms with van der Waals surface area (Å²) in [5.74, 6) is 1.20. The monoisotopic (exact) mass is 267 g/mol. The Hall–Kier alpha value is -1.95. The first-order valence-corrected chi connectivity index (χ1v) is 5.79. The Morgan fingerprint density at radius 2 is 2.22 bits per heavy atom. The van der Waals surface area contributed by atoms with Crippen molar-refractivity contribution < 1.29 is 9.34 Å². The minimum Gasteiger partial charge on any atom is -0.421 e. The minimum atomic E-state index is -0.425. The number of nitro groups is 1. The van der Waals surface area contributed by atoms with Crippen LogP contribution in [0.1, 0.15) is 11.5 Å². The topological polar surface area (TPSA) is 82.1 Å².